The number of aliphatic hydroxyl groups is 4. The third-order valence-electron chi connectivity index (χ3n) is 3.08. The second kappa shape index (κ2) is 6.55. The van der Waals surface area contributed by atoms with E-state index in [0.717, 1.165) is 0 Å². The van der Waals surface area contributed by atoms with Gasteiger partial charge in [0, 0.05) is 12.3 Å². The van der Waals surface area contributed by atoms with E-state index in [9.17, 15) is 20.4 Å². The maximum Gasteiger partial charge on any atom is 0.0645 e. The highest BCUT2D eigenvalue weighted by atomic mass is 16.3. The van der Waals surface area contributed by atoms with Crippen molar-refractivity contribution in [2.45, 2.75) is 70.9 Å². The van der Waals surface area contributed by atoms with Crippen LogP contribution in [0.5, 0.6) is 0 Å². The predicted molar refractivity (Wildman–Crippen MR) is 63.0 cm³/mol. The molecule has 0 rings (SSSR count). The summed E-state index contributed by atoms with van der Waals surface area (Å²) < 4.78 is 0. The van der Waals surface area contributed by atoms with Gasteiger partial charge in [-0.3, -0.25) is 0 Å². The molecule has 0 amide bonds. The molecule has 0 fully saturated rings. The van der Waals surface area contributed by atoms with Gasteiger partial charge >= 0.3 is 0 Å². The summed E-state index contributed by atoms with van der Waals surface area (Å²) in [6, 6.07) is 0. The lowest BCUT2D eigenvalue weighted by Crippen LogP contribution is -2.33. The molecule has 4 heteroatoms. The predicted octanol–water partition coefficient (Wildman–Crippen LogP) is 0.666. The van der Waals surface area contributed by atoms with Gasteiger partial charge in [0.05, 0.1) is 23.9 Å². The van der Waals surface area contributed by atoms with Crippen LogP contribution in [0.2, 0.25) is 0 Å². The molecule has 0 saturated heterocycles. The van der Waals surface area contributed by atoms with Gasteiger partial charge in [0.15, 0.2) is 0 Å². The van der Waals surface area contributed by atoms with E-state index in [2.05, 4.69) is 0 Å². The van der Waals surface area contributed by atoms with Crippen LogP contribution in [0.3, 0.4) is 0 Å². The van der Waals surface area contributed by atoms with Crippen LogP contribution < -0.4 is 0 Å². The maximum absolute atomic E-state index is 9.92. The van der Waals surface area contributed by atoms with Gasteiger partial charge in [0.1, 0.15) is 0 Å². The standard InChI is InChI=1S/C12H26O4/c1-8(13)7-12(4,16)6-5-11(15)9(2)10(3)14/h8-11,13-16H,5-7H2,1-4H3. The van der Waals surface area contributed by atoms with Crippen molar-refractivity contribution >= 4 is 0 Å². The molecule has 4 N–H and O–H groups in total. The van der Waals surface area contributed by atoms with Gasteiger partial charge in [-0.1, -0.05) is 6.92 Å². The van der Waals surface area contributed by atoms with E-state index in [1.165, 1.54) is 0 Å². The molecular formula is C12H26O4. The molecule has 16 heavy (non-hydrogen) atoms. The van der Waals surface area contributed by atoms with Crippen LogP contribution >= 0.6 is 0 Å². The Morgan fingerprint density at radius 3 is 1.94 bits per heavy atom. The number of rotatable bonds is 7. The lowest BCUT2D eigenvalue weighted by molar-refractivity contribution is -0.0242. The second-order valence-corrected chi connectivity index (χ2v) is 5.26. The minimum absolute atomic E-state index is 0.206. The van der Waals surface area contributed by atoms with Crippen molar-refractivity contribution in [3.8, 4) is 0 Å². The summed E-state index contributed by atoms with van der Waals surface area (Å²) in [4.78, 5) is 0. The van der Waals surface area contributed by atoms with Gasteiger partial charge in [-0.2, -0.15) is 0 Å². The molecule has 98 valence electrons. The zero-order chi connectivity index (χ0) is 12.9. The minimum Gasteiger partial charge on any atom is -0.393 e. The van der Waals surface area contributed by atoms with E-state index in [1.54, 1.807) is 27.7 Å². The van der Waals surface area contributed by atoms with Crippen molar-refractivity contribution in [1.29, 1.82) is 0 Å². The van der Waals surface area contributed by atoms with Gasteiger partial charge in [-0.05, 0) is 33.6 Å². The fourth-order valence-electron chi connectivity index (χ4n) is 1.78. The molecule has 0 aliphatic heterocycles. The van der Waals surface area contributed by atoms with E-state index in [0.29, 0.717) is 19.3 Å². The van der Waals surface area contributed by atoms with Crippen molar-refractivity contribution in [1.82, 2.24) is 0 Å². The Morgan fingerprint density at radius 1 is 1.06 bits per heavy atom. The summed E-state index contributed by atoms with van der Waals surface area (Å²) in [5.41, 5.74) is -0.965. The Hall–Kier alpha value is -0.160. The lowest BCUT2D eigenvalue weighted by atomic mass is 9.88. The lowest BCUT2D eigenvalue weighted by Gasteiger charge is -2.28. The van der Waals surface area contributed by atoms with E-state index in [-0.39, 0.29) is 5.92 Å². The van der Waals surface area contributed by atoms with Gasteiger partial charge < -0.3 is 20.4 Å². The van der Waals surface area contributed by atoms with Crippen LogP contribution in [0.25, 0.3) is 0 Å². The van der Waals surface area contributed by atoms with Crippen molar-refractivity contribution in [3.05, 3.63) is 0 Å². The van der Waals surface area contributed by atoms with Gasteiger partial charge in [0.25, 0.3) is 0 Å². The average molecular weight is 234 g/mol. The quantitative estimate of drug-likeness (QED) is 0.522. The molecule has 0 radical (unpaired) electrons. The largest absolute Gasteiger partial charge is 0.393 e. The molecule has 0 aliphatic carbocycles. The Bertz CT molecular complexity index is 189. The Morgan fingerprint density at radius 2 is 1.56 bits per heavy atom. The second-order valence-electron chi connectivity index (χ2n) is 5.26. The van der Waals surface area contributed by atoms with Gasteiger partial charge in [-0.15, -0.1) is 0 Å². The third-order valence-corrected chi connectivity index (χ3v) is 3.08. The van der Waals surface area contributed by atoms with Crippen molar-refractivity contribution in [3.63, 3.8) is 0 Å². The molecule has 0 aromatic heterocycles. The summed E-state index contributed by atoms with van der Waals surface area (Å²) in [5, 5.41) is 38.2. The Labute approximate surface area is 97.9 Å². The minimum atomic E-state index is -0.965. The summed E-state index contributed by atoms with van der Waals surface area (Å²) in [7, 11) is 0. The molecular weight excluding hydrogens is 208 g/mol. The molecule has 0 heterocycles. The first-order valence-electron chi connectivity index (χ1n) is 5.92. The molecule has 0 aromatic carbocycles. The number of aliphatic hydroxyl groups excluding tert-OH is 3. The topological polar surface area (TPSA) is 80.9 Å². The highest BCUT2D eigenvalue weighted by Gasteiger charge is 2.26. The average Bonchev–Trinajstić information content (AvgIpc) is 2.10. The molecule has 4 nitrogen and oxygen atoms in total. The molecule has 0 aromatic rings. The summed E-state index contributed by atoms with van der Waals surface area (Å²) >= 11 is 0. The highest BCUT2D eigenvalue weighted by Crippen LogP contribution is 2.22. The Kier molecular flexibility index (Phi) is 6.48. The molecule has 0 saturated carbocycles. The number of hydrogen-bond acceptors (Lipinski definition) is 4. The normalized spacial score (nSPS) is 23.2. The van der Waals surface area contributed by atoms with Crippen LogP contribution in [0.1, 0.15) is 47.0 Å². The first-order chi connectivity index (χ1) is 7.15. The first kappa shape index (κ1) is 15.8. The van der Waals surface area contributed by atoms with E-state index in [1.807, 2.05) is 0 Å². The fourth-order valence-corrected chi connectivity index (χ4v) is 1.78. The van der Waals surface area contributed by atoms with Crippen molar-refractivity contribution in [2.75, 3.05) is 0 Å². The van der Waals surface area contributed by atoms with Gasteiger partial charge in [0.2, 0.25) is 0 Å². The summed E-state index contributed by atoms with van der Waals surface area (Å²) in [6.07, 6.45) is -0.608. The van der Waals surface area contributed by atoms with Crippen LogP contribution in [0, 0.1) is 5.92 Å². The molecule has 0 bridgehead atoms. The molecule has 0 spiro atoms. The van der Waals surface area contributed by atoms with E-state index < -0.39 is 23.9 Å². The van der Waals surface area contributed by atoms with Crippen LogP contribution in [-0.2, 0) is 0 Å². The fraction of sp³-hybridized carbons (Fsp3) is 1.00. The Balaban J connectivity index is 4.03. The molecule has 5 unspecified atom stereocenters. The monoisotopic (exact) mass is 234 g/mol. The maximum atomic E-state index is 9.92. The molecule has 5 atom stereocenters. The van der Waals surface area contributed by atoms with Crippen LogP contribution in [-0.4, -0.2) is 44.3 Å². The highest BCUT2D eigenvalue weighted by molar-refractivity contribution is 4.78. The molecule has 0 aliphatic rings. The zero-order valence-corrected chi connectivity index (χ0v) is 10.7. The van der Waals surface area contributed by atoms with Crippen LogP contribution in [0.4, 0.5) is 0 Å². The first-order valence-corrected chi connectivity index (χ1v) is 5.92. The van der Waals surface area contributed by atoms with Crippen LogP contribution in [0.15, 0.2) is 0 Å². The summed E-state index contributed by atoms with van der Waals surface area (Å²) in [5.74, 6) is -0.206. The smallest absolute Gasteiger partial charge is 0.0645 e. The number of hydrogen-bond donors (Lipinski definition) is 4. The van der Waals surface area contributed by atoms with E-state index in [4.69, 9.17) is 0 Å². The van der Waals surface area contributed by atoms with E-state index >= 15 is 0 Å². The zero-order valence-electron chi connectivity index (χ0n) is 10.7. The summed E-state index contributed by atoms with van der Waals surface area (Å²) in [6.45, 7) is 6.70. The van der Waals surface area contributed by atoms with Gasteiger partial charge in [-0.25, -0.2) is 0 Å². The SMILES string of the molecule is CC(O)CC(C)(O)CCC(O)C(C)C(C)O. The third kappa shape index (κ3) is 6.43. The van der Waals surface area contributed by atoms with Crippen molar-refractivity contribution < 1.29 is 20.4 Å². The van der Waals surface area contributed by atoms with Crippen molar-refractivity contribution in [2.24, 2.45) is 5.92 Å².